The number of esters is 1. The lowest BCUT2D eigenvalue weighted by Gasteiger charge is -2.09. The molecule has 0 unspecified atom stereocenters. The summed E-state index contributed by atoms with van der Waals surface area (Å²) in [6, 6.07) is 9.58. The zero-order chi connectivity index (χ0) is 23.4. The SMILES string of the molecule is Cc1cc(C(=O)COC(=O)CCn2nc(-c3cccs3)oc2=O)c(C)n1CCc1cccs1. The van der Waals surface area contributed by atoms with Crippen molar-refractivity contribution in [2.75, 3.05) is 6.61 Å². The summed E-state index contributed by atoms with van der Waals surface area (Å²) < 4.78 is 13.5. The fourth-order valence-electron chi connectivity index (χ4n) is 3.54. The number of carbonyl (C=O) groups excluding carboxylic acids is 2. The van der Waals surface area contributed by atoms with Crippen LogP contribution in [0.5, 0.6) is 0 Å². The predicted octanol–water partition coefficient (Wildman–Crippen LogP) is 4.10. The van der Waals surface area contributed by atoms with Crippen LogP contribution in [0.15, 0.2) is 50.3 Å². The Balaban J connectivity index is 1.29. The lowest BCUT2D eigenvalue weighted by atomic mass is 10.1. The molecule has 0 atom stereocenters. The Hall–Kier alpha value is -3.24. The van der Waals surface area contributed by atoms with Gasteiger partial charge in [0.05, 0.1) is 17.8 Å². The Kier molecular flexibility index (Phi) is 7.05. The van der Waals surface area contributed by atoms with E-state index < -0.39 is 11.7 Å². The first kappa shape index (κ1) is 22.9. The highest BCUT2D eigenvalue weighted by Gasteiger charge is 2.18. The number of carbonyl (C=O) groups is 2. The minimum atomic E-state index is -0.641. The van der Waals surface area contributed by atoms with Crippen molar-refractivity contribution in [2.24, 2.45) is 0 Å². The largest absolute Gasteiger partial charge is 0.457 e. The first-order valence-corrected chi connectivity index (χ1v) is 12.2. The molecule has 0 aliphatic carbocycles. The van der Waals surface area contributed by atoms with Gasteiger partial charge in [-0.25, -0.2) is 4.79 Å². The van der Waals surface area contributed by atoms with Crippen LogP contribution in [0.1, 0.15) is 33.0 Å². The van der Waals surface area contributed by atoms with Crippen LogP contribution in [0.4, 0.5) is 0 Å². The van der Waals surface area contributed by atoms with E-state index in [1.54, 1.807) is 17.4 Å². The standard InChI is InChI=1S/C23H23N3O5S2/c1-15-13-18(16(2)25(15)9-7-17-5-3-11-32-17)19(27)14-30-21(28)8-10-26-23(29)31-22(24-26)20-6-4-12-33-20/h3-6,11-13H,7-10,14H2,1-2H3. The number of rotatable bonds is 10. The molecular formula is C23H23N3O5S2. The van der Waals surface area contributed by atoms with Gasteiger partial charge in [-0.1, -0.05) is 12.1 Å². The van der Waals surface area contributed by atoms with E-state index in [4.69, 9.17) is 9.15 Å². The topological polar surface area (TPSA) is 96.3 Å². The highest BCUT2D eigenvalue weighted by molar-refractivity contribution is 7.13. The third-order valence-electron chi connectivity index (χ3n) is 5.27. The van der Waals surface area contributed by atoms with Crippen molar-refractivity contribution in [1.82, 2.24) is 14.3 Å². The zero-order valence-corrected chi connectivity index (χ0v) is 19.9. The molecule has 0 bridgehead atoms. The number of nitrogens with zero attached hydrogens (tertiary/aromatic N) is 3. The van der Waals surface area contributed by atoms with Gasteiger partial charge in [-0.05, 0) is 49.2 Å². The van der Waals surface area contributed by atoms with Crippen molar-refractivity contribution < 1.29 is 18.7 Å². The molecule has 0 N–H and O–H groups in total. The molecule has 4 rings (SSSR count). The summed E-state index contributed by atoms with van der Waals surface area (Å²) in [5, 5.41) is 8.00. The quantitative estimate of drug-likeness (QED) is 0.248. The van der Waals surface area contributed by atoms with Gasteiger partial charge in [0.25, 0.3) is 5.89 Å². The third-order valence-corrected chi connectivity index (χ3v) is 7.06. The van der Waals surface area contributed by atoms with Crippen LogP contribution < -0.4 is 5.76 Å². The molecule has 0 aromatic carbocycles. The highest BCUT2D eigenvalue weighted by Crippen LogP contribution is 2.21. The number of aromatic nitrogens is 3. The fourth-order valence-corrected chi connectivity index (χ4v) is 4.89. The molecule has 4 heterocycles. The molecule has 4 aromatic rings. The number of aryl methyl sites for hydroxylation is 3. The molecule has 4 aromatic heterocycles. The number of Topliss-reactive ketones (excluding diaryl/α,β-unsaturated/α-hetero) is 1. The van der Waals surface area contributed by atoms with Crippen LogP contribution in [0.3, 0.4) is 0 Å². The molecule has 0 radical (unpaired) electrons. The highest BCUT2D eigenvalue weighted by atomic mass is 32.1. The molecule has 33 heavy (non-hydrogen) atoms. The van der Waals surface area contributed by atoms with Gasteiger partial charge < -0.3 is 13.7 Å². The van der Waals surface area contributed by atoms with Gasteiger partial charge >= 0.3 is 11.7 Å². The molecule has 172 valence electrons. The smallest absolute Gasteiger partial charge is 0.437 e. The summed E-state index contributed by atoms with van der Waals surface area (Å²) in [4.78, 5) is 38.7. The first-order chi connectivity index (χ1) is 15.9. The van der Waals surface area contributed by atoms with Crippen molar-refractivity contribution in [1.29, 1.82) is 0 Å². The normalized spacial score (nSPS) is 11.1. The molecule has 0 saturated carbocycles. The van der Waals surface area contributed by atoms with E-state index in [9.17, 15) is 14.4 Å². The number of hydrogen-bond donors (Lipinski definition) is 0. The van der Waals surface area contributed by atoms with E-state index in [1.807, 2.05) is 37.4 Å². The fraction of sp³-hybridized carbons (Fsp3) is 0.304. The van der Waals surface area contributed by atoms with Crippen molar-refractivity contribution in [3.63, 3.8) is 0 Å². The van der Waals surface area contributed by atoms with Gasteiger partial charge in [-0.3, -0.25) is 9.59 Å². The summed E-state index contributed by atoms with van der Waals surface area (Å²) >= 11 is 3.11. The Morgan fingerprint density at radius 2 is 1.91 bits per heavy atom. The van der Waals surface area contributed by atoms with E-state index in [-0.39, 0.29) is 31.2 Å². The van der Waals surface area contributed by atoms with Gasteiger partial charge in [0.15, 0.2) is 6.61 Å². The monoisotopic (exact) mass is 485 g/mol. The van der Waals surface area contributed by atoms with Crippen LogP contribution >= 0.6 is 22.7 Å². The van der Waals surface area contributed by atoms with Gasteiger partial charge in [-0.15, -0.1) is 27.8 Å². The maximum atomic E-state index is 12.7. The molecule has 0 saturated heterocycles. The van der Waals surface area contributed by atoms with Crippen molar-refractivity contribution in [2.45, 2.75) is 39.8 Å². The number of hydrogen-bond acceptors (Lipinski definition) is 8. The average Bonchev–Trinajstić information content (AvgIpc) is 3.58. The van der Waals surface area contributed by atoms with E-state index in [1.165, 1.54) is 16.2 Å². The van der Waals surface area contributed by atoms with Crippen molar-refractivity contribution in [3.05, 3.63) is 73.5 Å². The van der Waals surface area contributed by atoms with Crippen molar-refractivity contribution >= 4 is 34.4 Å². The van der Waals surface area contributed by atoms with Crippen LogP contribution in [-0.2, 0) is 29.0 Å². The summed E-state index contributed by atoms with van der Waals surface area (Å²) in [5.41, 5.74) is 2.41. The second-order valence-corrected chi connectivity index (χ2v) is 9.45. The van der Waals surface area contributed by atoms with Crippen LogP contribution in [-0.4, -0.2) is 32.7 Å². The van der Waals surface area contributed by atoms with Crippen LogP contribution in [0.25, 0.3) is 10.8 Å². The summed E-state index contributed by atoms with van der Waals surface area (Å²) in [6.45, 7) is 4.31. The minimum Gasteiger partial charge on any atom is -0.457 e. The maximum absolute atomic E-state index is 12.7. The van der Waals surface area contributed by atoms with Gasteiger partial charge in [-0.2, -0.15) is 4.68 Å². The van der Waals surface area contributed by atoms with Gasteiger partial charge in [0.1, 0.15) is 0 Å². The zero-order valence-electron chi connectivity index (χ0n) is 18.3. The third kappa shape index (κ3) is 5.40. The molecule has 8 nitrogen and oxygen atoms in total. The summed E-state index contributed by atoms with van der Waals surface area (Å²) in [7, 11) is 0. The Morgan fingerprint density at radius 1 is 1.12 bits per heavy atom. The van der Waals surface area contributed by atoms with E-state index in [2.05, 4.69) is 21.1 Å². The van der Waals surface area contributed by atoms with Crippen LogP contribution in [0, 0.1) is 13.8 Å². The summed E-state index contributed by atoms with van der Waals surface area (Å²) in [5.74, 6) is -1.26. The second-order valence-electron chi connectivity index (χ2n) is 7.47. The Bertz CT molecular complexity index is 1300. The lowest BCUT2D eigenvalue weighted by molar-refractivity contribution is -0.142. The van der Waals surface area contributed by atoms with E-state index >= 15 is 0 Å². The second kappa shape index (κ2) is 10.1. The molecule has 0 amide bonds. The Morgan fingerprint density at radius 3 is 2.64 bits per heavy atom. The molecule has 0 aliphatic rings. The number of ketones is 1. The molecule has 10 heteroatoms. The van der Waals surface area contributed by atoms with Gasteiger partial charge in [0.2, 0.25) is 5.78 Å². The molecule has 0 aliphatic heterocycles. The van der Waals surface area contributed by atoms with E-state index in [0.29, 0.717) is 5.56 Å². The van der Waals surface area contributed by atoms with E-state index in [0.717, 1.165) is 33.9 Å². The lowest BCUT2D eigenvalue weighted by Crippen LogP contribution is -2.20. The molecule has 0 spiro atoms. The predicted molar refractivity (Wildman–Crippen MR) is 126 cm³/mol. The Labute approximate surface area is 198 Å². The minimum absolute atomic E-state index is 0.0119. The number of thiophene rings is 2. The van der Waals surface area contributed by atoms with Gasteiger partial charge in [0, 0.05) is 28.4 Å². The number of ether oxygens (including phenoxy) is 1. The maximum Gasteiger partial charge on any atom is 0.437 e. The van der Waals surface area contributed by atoms with Crippen LogP contribution in [0.2, 0.25) is 0 Å². The molecule has 0 fully saturated rings. The summed E-state index contributed by atoms with van der Waals surface area (Å²) in [6.07, 6.45) is 0.801. The first-order valence-electron chi connectivity index (χ1n) is 10.4. The van der Waals surface area contributed by atoms with Crippen molar-refractivity contribution in [3.8, 4) is 10.8 Å². The average molecular weight is 486 g/mol. The molecular weight excluding hydrogens is 462 g/mol.